The van der Waals surface area contributed by atoms with Crippen molar-refractivity contribution in [1.29, 1.82) is 0 Å². The molecule has 0 bridgehead atoms. The summed E-state index contributed by atoms with van der Waals surface area (Å²) in [4.78, 5) is 50.9. The van der Waals surface area contributed by atoms with Gasteiger partial charge in [-0.25, -0.2) is 18.4 Å². The zero-order valence-corrected chi connectivity index (χ0v) is 26.8. The summed E-state index contributed by atoms with van der Waals surface area (Å²) in [7, 11) is 0. The molecule has 0 amide bonds. The highest BCUT2D eigenvalue weighted by Gasteiger charge is 2.21. The zero-order valence-electron chi connectivity index (χ0n) is 26.0. The molecule has 4 N–H and O–H groups in total. The van der Waals surface area contributed by atoms with E-state index < -0.39 is 34.4 Å². The van der Waals surface area contributed by atoms with Crippen LogP contribution in [0.1, 0.15) is 34.6 Å². The van der Waals surface area contributed by atoms with E-state index in [1.807, 2.05) is 23.6 Å². The number of nitrogens with zero attached hydrogens (tertiary/aromatic N) is 4. The van der Waals surface area contributed by atoms with Gasteiger partial charge in [-0.15, -0.1) is 12.4 Å². The quantitative estimate of drug-likeness (QED) is 0.241. The van der Waals surface area contributed by atoms with Crippen LogP contribution < -0.4 is 31.3 Å². The maximum Gasteiger partial charge on any atom is 0.341 e. The van der Waals surface area contributed by atoms with E-state index in [1.165, 1.54) is 12.4 Å². The first kappa shape index (κ1) is 35.3. The predicted molar refractivity (Wildman–Crippen MR) is 179 cm³/mol. The van der Waals surface area contributed by atoms with Gasteiger partial charge in [-0.1, -0.05) is 0 Å². The third-order valence-corrected chi connectivity index (χ3v) is 8.36. The average molecular weight is 675 g/mol. The number of aromatic nitrogens is 2. The summed E-state index contributed by atoms with van der Waals surface area (Å²) >= 11 is 0. The molecule has 0 atom stereocenters. The third-order valence-electron chi connectivity index (χ3n) is 8.36. The number of benzene rings is 2. The van der Waals surface area contributed by atoms with Crippen molar-refractivity contribution in [2.45, 2.75) is 26.9 Å². The van der Waals surface area contributed by atoms with Crippen LogP contribution in [-0.2, 0) is 13.1 Å². The van der Waals surface area contributed by atoms with Crippen LogP contribution >= 0.6 is 12.4 Å². The van der Waals surface area contributed by atoms with Crippen molar-refractivity contribution in [3.8, 4) is 0 Å². The number of carboxylic acids is 2. The second-order valence-corrected chi connectivity index (χ2v) is 11.0. The maximum absolute atomic E-state index is 14.5. The molecule has 2 aromatic heterocycles. The molecule has 0 aliphatic carbocycles. The molecule has 2 fully saturated rings. The van der Waals surface area contributed by atoms with Crippen LogP contribution in [-0.4, -0.2) is 83.6 Å². The summed E-state index contributed by atoms with van der Waals surface area (Å²) in [6.07, 6.45) is 2.65. The van der Waals surface area contributed by atoms with E-state index in [2.05, 4.69) is 10.6 Å². The number of hydrogen-bond acceptors (Lipinski definition) is 8. The van der Waals surface area contributed by atoms with Gasteiger partial charge in [0.25, 0.3) is 0 Å². The Morgan fingerprint density at radius 1 is 0.681 bits per heavy atom. The van der Waals surface area contributed by atoms with Gasteiger partial charge in [-0.3, -0.25) is 9.59 Å². The molecule has 2 aliphatic heterocycles. The molecule has 4 heterocycles. The van der Waals surface area contributed by atoms with Gasteiger partial charge in [0.05, 0.1) is 22.4 Å². The molecular formula is C32H37ClF2N6O6. The lowest BCUT2D eigenvalue weighted by atomic mass is 10.1. The summed E-state index contributed by atoms with van der Waals surface area (Å²) in [5.74, 6) is -3.60. The minimum absolute atomic E-state index is 0. The fraction of sp³-hybridized carbons (Fsp3) is 0.375. The molecule has 0 unspecified atom stereocenters. The van der Waals surface area contributed by atoms with Crippen molar-refractivity contribution in [1.82, 2.24) is 19.8 Å². The molecule has 47 heavy (non-hydrogen) atoms. The number of nitrogens with one attached hydrogen (secondary N) is 2. The van der Waals surface area contributed by atoms with Crippen LogP contribution in [0.25, 0.3) is 21.8 Å². The Morgan fingerprint density at radius 2 is 1.02 bits per heavy atom. The summed E-state index contributed by atoms with van der Waals surface area (Å²) in [5.41, 5.74) is 0.0236. The number of halogens is 3. The molecule has 4 aromatic rings. The van der Waals surface area contributed by atoms with Crippen molar-refractivity contribution < 1.29 is 28.6 Å². The Hall–Kier alpha value is -4.53. The number of aromatic carboxylic acids is 2. The van der Waals surface area contributed by atoms with Crippen molar-refractivity contribution in [3.05, 3.63) is 79.9 Å². The molecule has 12 nitrogen and oxygen atoms in total. The number of carboxylic acid groups (broad SMARTS) is 2. The number of hydrogen-bond donors (Lipinski definition) is 4. The van der Waals surface area contributed by atoms with Gasteiger partial charge in [-0.2, -0.15) is 0 Å². The molecule has 2 saturated heterocycles. The van der Waals surface area contributed by atoms with Gasteiger partial charge >= 0.3 is 11.9 Å². The molecule has 0 spiro atoms. The van der Waals surface area contributed by atoms with Crippen LogP contribution in [0.5, 0.6) is 0 Å². The number of aryl methyl sites for hydroxylation is 2. The van der Waals surface area contributed by atoms with Crippen LogP contribution in [0.4, 0.5) is 20.2 Å². The van der Waals surface area contributed by atoms with Gasteiger partial charge < -0.3 is 39.8 Å². The Balaban J connectivity index is 0.000000208. The van der Waals surface area contributed by atoms with Crippen LogP contribution in [0.2, 0.25) is 0 Å². The average Bonchev–Trinajstić information content (AvgIpc) is 3.06. The first-order chi connectivity index (χ1) is 22.0. The second-order valence-electron chi connectivity index (χ2n) is 11.0. The van der Waals surface area contributed by atoms with Crippen LogP contribution in [0.15, 0.2) is 46.2 Å². The number of piperazine rings is 2. The van der Waals surface area contributed by atoms with Gasteiger partial charge in [-0.05, 0) is 38.1 Å². The monoisotopic (exact) mass is 674 g/mol. The fourth-order valence-electron chi connectivity index (χ4n) is 5.92. The summed E-state index contributed by atoms with van der Waals surface area (Å²) in [6.45, 7) is 10.5. The highest BCUT2D eigenvalue weighted by molar-refractivity contribution is 5.94. The Kier molecular flexibility index (Phi) is 11.2. The first-order valence-electron chi connectivity index (χ1n) is 15.2. The highest BCUT2D eigenvalue weighted by atomic mass is 35.5. The summed E-state index contributed by atoms with van der Waals surface area (Å²) < 4.78 is 32.3. The number of pyridine rings is 2. The van der Waals surface area contributed by atoms with E-state index in [0.29, 0.717) is 61.7 Å². The normalized spacial score (nSPS) is 14.8. The molecule has 252 valence electrons. The van der Waals surface area contributed by atoms with E-state index in [9.17, 15) is 28.0 Å². The highest BCUT2D eigenvalue weighted by Crippen LogP contribution is 2.27. The minimum atomic E-state index is -1.30. The lowest BCUT2D eigenvalue weighted by Gasteiger charge is -2.30. The molecule has 0 radical (unpaired) electrons. The molecule has 15 heteroatoms. The SMILES string of the molecule is CCn1cc(C(=O)O)c(=O)c2cc(F)c(N3CCNCC3)cc21.CCn1cc(C(=O)O)c(=O)c2cc(F)c(N3CCNCC3)cc21.Cl. The van der Waals surface area contributed by atoms with E-state index in [-0.39, 0.29) is 34.3 Å². The molecule has 0 saturated carbocycles. The smallest absolute Gasteiger partial charge is 0.341 e. The van der Waals surface area contributed by atoms with Crippen molar-refractivity contribution in [3.63, 3.8) is 0 Å². The molecule has 6 rings (SSSR count). The zero-order chi connectivity index (χ0) is 33.1. The standard InChI is InChI=1S/2C16H18FN3O3.ClH/c2*1-2-19-9-11(16(22)23)15(21)10-7-12(17)14(8-13(10)19)20-5-3-18-4-6-20;/h2*7-9,18H,2-6H2,1H3,(H,22,23);1H. The summed E-state index contributed by atoms with van der Waals surface area (Å²) in [6, 6.07) is 5.61. The summed E-state index contributed by atoms with van der Waals surface area (Å²) in [5, 5.41) is 24.9. The van der Waals surface area contributed by atoms with Gasteiger partial charge in [0.2, 0.25) is 10.9 Å². The van der Waals surface area contributed by atoms with Gasteiger partial charge in [0.15, 0.2) is 0 Å². The molecule has 2 aromatic carbocycles. The topological polar surface area (TPSA) is 149 Å². The number of anilines is 2. The Labute approximate surface area is 274 Å². The number of carbonyl (C=O) groups is 2. The van der Waals surface area contributed by atoms with Crippen molar-refractivity contribution in [2.75, 3.05) is 62.2 Å². The minimum Gasteiger partial charge on any atom is -0.477 e. The maximum atomic E-state index is 14.5. The van der Waals surface area contributed by atoms with Gasteiger partial charge in [0, 0.05) is 88.6 Å². The Morgan fingerprint density at radius 3 is 1.32 bits per heavy atom. The van der Waals surface area contributed by atoms with E-state index >= 15 is 0 Å². The lowest BCUT2D eigenvalue weighted by molar-refractivity contribution is 0.0684. The van der Waals surface area contributed by atoms with Crippen LogP contribution in [0.3, 0.4) is 0 Å². The van der Waals surface area contributed by atoms with Crippen molar-refractivity contribution in [2.24, 2.45) is 0 Å². The second kappa shape index (κ2) is 14.9. The Bertz CT molecular complexity index is 1800. The molecule has 2 aliphatic rings. The fourth-order valence-corrected chi connectivity index (χ4v) is 5.92. The molecular weight excluding hydrogens is 638 g/mol. The number of rotatable bonds is 6. The third kappa shape index (κ3) is 7.09. The van der Waals surface area contributed by atoms with Crippen LogP contribution in [0, 0.1) is 11.6 Å². The first-order valence-corrected chi connectivity index (χ1v) is 15.2. The largest absolute Gasteiger partial charge is 0.477 e. The van der Waals surface area contributed by atoms with E-state index in [0.717, 1.165) is 38.3 Å². The van der Waals surface area contributed by atoms with E-state index in [1.54, 1.807) is 21.3 Å². The van der Waals surface area contributed by atoms with E-state index in [4.69, 9.17) is 10.2 Å². The van der Waals surface area contributed by atoms with Gasteiger partial charge in [0.1, 0.15) is 22.8 Å². The van der Waals surface area contributed by atoms with Crippen molar-refractivity contribution >= 4 is 57.5 Å². The lowest BCUT2D eigenvalue weighted by Crippen LogP contribution is -2.43. The number of fused-ring (bicyclic) bond motifs is 2. The predicted octanol–water partition coefficient (Wildman–Crippen LogP) is 2.96.